The van der Waals surface area contributed by atoms with E-state index in [1.165, 1.54) is 0 Å². The van der Waals surface area contributed by atoms with Crippen molar-refractivity contribution in [3.63, 3.8) is 0 Å². The molecule has 0 saturated carbocycles. The summed E-state index contributed by atoms with van der Waals surface area (Å²) < 4.78 is 0. The minimum atomic E-state index is -0.511. The molecule has 0 spiro atoms. The third kappa shape index (κ3) is 4.13. The highest BCUT2D eigenvalue weighted by Crippen LogP contribution is 2.12. The van der Waals surface area contributed by atoms with Crippen molar-refractivity contribution < 1.29 is 9.90 Å². The molecule has 0 fully saturated rings. The topological polar surface area (TPSA) is 52.6 Å². The Hall–Kier alpha value is -1.39. The number of benzene rings is 1. The largest absolute Gasteiger partial charge is 0.392 e. The van der Waals surface area contributed by atoms with E-state index in [1.54, 1.807) is 18.9 Å². The van der Waals surface area contributed by atoms with Gasteiger partial charge in [0, 0.05) is 19.2 Å². The molecule has 100 valence electrons. The number of amides is 1. The summed E-state index contributed by atoms with van der Waals surface area (Å²) in [5, 5.41) is 12.4. The molecule has 0 heterocycles. The van der Waals surface area contributed by atoms with E-state index >= 15 is 0 Å². The molecule has 0 aliphatic rings. The molecule has 0 saturated heterocycles. The predicted octanol–water partition coefficient (Wildman–Crippen LogP) is 0.901. The highest BCUT2D eigenvalue weighted by Gasteiger charge is 2.16. The summed E-state index contributed by atoms with van der Waals surface area (Å²) in [6.45, 7) is 2.86. The maximum absolute atomic E-state index is 12.3. The average Bonchev–Trinajstić information content (AvgIpc) is 2.35. The lowest BCUT2D eigenvalue weighted by Gasteiger charge is -2.20. The second kappa shape index (κ2) is 7.13. The minimum Gasteiger partial charge on any atom is -0.392 e. The Morgan fingerprint density at radius 1 is 1.44 bits per heavy atom. The van der Waals surface area contributed by atoms with Gasteiger partial charge in [0.15, 0.2) is 0 Å². The molecule has 0 aromatic heterocycles. The van der Waals surface area contributed by atoms with Gasteiger partial charge in [-0.1, -0.05) is 18.2 Å². The molecule has 1 aromatic carbocycles. The van der Waals surface area contributed by atoms with Crippen LogP contribution < -0.4 is 5.32 Å². The Bertz CT molecular complexity index is 391. The zero-order valence-electron chi connectivity index (χ0n) is 11.3. The van der Waals surface area contributed by atoms with E-state index in [-0.39, 0.29) is 5.91 Å². The molecule has 0 radical (unpaired) electrons. The van der Waals surface area contributed by atoms with E-state index in [2.05, 4.69) is 5.32 Å². The fourth-order valence-electron chi connectivity index (χ4n) is 1.89. The van der Waals surface area contributed by atoms with Crippen LogP contribution in [0.4, 0.5) is 0 Å². The van der Waals surface area contributed by atoms with Crippen LogP contribution in [0.5, 0.6) is 0 Å². The highest BCUT2D eigenvalue weighted by atomic mass is 16.3. The lowest BCUT2D eigenvalue weighted by atomic mass is 10.0. The first-order chi connectivity index (χ1) is 8.56. The number of carbonyl (C=O) groups excluding carboxylic acids is 1. The van der Waals surface area contributed by atoms with Gasteiger partial charge in [0.05, 0.1) is 6.10 Å². The molecule has 2 N–H and O–H groups in total. The smallest absolute Gasteiger partial charge is 0.253 e. The van der Waals surface area contributed by atoms with Gasteiger partial charge < -0.3 is 15.3 Å². The number of aliphatic hydroxyl groups is 1. The number of hydrogen-bond acceptors (Lipinski definition) is 3. The van der Waals surface area contributed by atoms with Crippen LogP contribution in [-0.4, -0.2) is 49.2 Å². The summed E-state index contributed by atoms with van der Waals surface area (Å²) in [4.78, 5) is 13.8. The number of hydrogen-bond donors (Lipinski definition) is 2. The lowest BCUT2D eigenvalue weighted by molar-refractivity contribution is 0.0702. The Labute approximate surface area is 109 Å². The molecule has 0 aliphatic carbocycles. The van der Waals surface area contributed by atoms with Crippen LogP contribution in [0.3, 0.4) is 0 Å². The molecular weight excluding hydrogens is 228 g/mol. The van der Waals surface area contributed by atoms with E-state index in [0.717, 1.165) is 24.1 Å². The van der Waals surface area contributed by atoms with Crippen LogP contribution in [0, 0.1) is 0 Å². The Kier molecular flexibility index (Phi) is 5.82. The summed E-state index contributed by atoms with van der Waals surface area (Å²) in [6.07, 6.45) is 0.310. The first kappa shape index (κ1) is 14.7. The SMILES string of the molecule is CNCCc1ccccc1C(=O)N(C)CC(C)O. The standard InChI is InChI=1S/C14H22N2O2/c1-11(17)10-16(3)14(18)13-7-5-4-6-12(13)8-9-15-2/h4-7,11,15,17H,8-10H2,1-3H3. The highest BCUT2D eigenvalue weighted by molar-refractivity contribution is 5.95. The van der Waals surface area contributed by atoms with E-state index in [4.69, 9.17) is 0 Å². The van der Waals surface area contributed by atoms with Gasteiger partial charge in [-0.05, 0) is 38.6 Å². The number of likely N-dealkylation sites (N-methyl/N-ethyl adjacent to an activating group) is 2. The number of carbonyl (C=O) groups is 1. The van der Waals surface area contributed by atoms with Gasteiger partial charge in [-0.25, -0.2) is 0 Å². The Morgan fingerprint density at radius 3 is 2.72 bits per heavy atom. The van der Waals surface area contributed by atoms with Crippen LogP contribution in [0.15, 0.2) is 24.3 Å². The third-order valence-corrected chi connectivity index (χ3v) is 2.78. The maximum Gasteiger partial charge on any atom is 0.253 e. The monoisotopic (exact) mass is 250 g/mol. The molecule has 1 unspecified atom stereocenters. The van der Waals surface area contributed by atoms with Crippen LogP contribution in [0.1, 0.15) is 22.8 Å². The maximum atomic E-state index is 12.3. The molecule has 1 rings (SSSR count). The van der Waals surface area contributed by atoms with E-state index in [1.807, 2.05) is 31.3 Å². The fraction of sp³-hybridized carbons (Fsp3) is 0.500. The van der Waals surface area contributed by atoms with Gasteiger partial charge in [0.2, 0.25) is 0 Å². The second-order valence-corrected chi connectivity index (χ2v) is 4.55. The fourth-order valence-corrected chi connectivity index (χ4v) is 1.89. The van der Waals surface area contributed by atoms with Gasteiger partial charge in [-0.15, -0.1) is 0 Å². The van der Waals surface area contributed by atoms with Gasteiger partial charge >= 0.3 is 0 Å². The molecule has 1 atom stereocenters. The van der Waals surface area contributed by atoms with Crippen molar-refractivity contribution in [1.82, 2.24) is 10.2 Å². The molecule has 4 nitrogen and oxygen atoms in total. The van der Waals surface area contributed by atoms with E-state index < -0.39 is 6.10 Å². The number of nitrogens with zero attached hydrogens (tertiary/aromatic N) is 1. The molecule has 0 bridgehead atoms. The summed E-state index contributed by atoms with van der Waals surface area (Å²) >= 11 is 0. The van der Waals surface area contributed by atoms with Gasteiger partial charge in [-0.2, -0.15) is 0 Å². The molecule has 1 aromatic rings. The Balaban J connectivity index is 2.84. The quantitative estimate of drug-likeness (QED) is 0.789. The molecule has 4 heteroatoms. The minimum absolute atomic E-state index is 0.0393. The zero-order valence-corrected chi connectivity index (χ0v) is 11.3. The van der Waals surface area contributed by atoms with Crippen molar-refractivity contribution in [2.45, 2.75) is 19.4 Å². The molecule has 0 aliphatic heterocycles. The first-order valence-electron chi connectivity index (χ1n) is 6.22. The number of nitrogens with one attached hydrogen (secondary N) is 1. The van der Waals surface area contributed by atoms with Crippen LogP contribution >= 0.6 is 0 Å². The van der Waals surface area contributed by atoms with Crippen molar-refractivity contribution in [1.29, 1.82) is 0 Å². The van der Waals surface area contributed by atoms with Gasteiger partial charge in [0.25, 0.3) is 5.91 Å². The van der Waals surface area contributed by atoms with Crippen molar-refractivity contribution in [3.05, 3.63) is 35.4 Å². The summed E-state index contributed by atoms with van der Waals surface area (Å²) in [5.74, 6) is -0.0393. The lowest BCUT2D eigenvalue weighted by Crippen LogP contribution is -2.33. The predicted molar refractivity (Wildman–Crippen MR) is 72.7 cm³/mol. The van der Waals surface area contributed by atoms with E-state index in [0.29, 0.717) is 6.54 Å². The third-order valence-electron chi connectivity index (χ3n) is 2.78. The number of rotatable bonds is 6. The molecular formula is C14H22N2O2. The molecule has 1 amide bonds. The van der Waals surface area contributed by atoms with Crippen LogP contribution in [0.2, 0.25) is 0 Å². The second-order valence-electron chi connectivity index (χ2n) is 4.55. The summed E-state index contributed by atoms with van der Waals surface area (Å²) in [6, 6.07) is 7.62. The Morgan fingerprint density at radius 2 is 2.11 bits per heavy atom. The van der Waals surface area contributed by atoms with Gasteiger partial charge in [0.1, 0.15) is 0 Å². The summed E-state index contributed by atoms with van der Waals surface area (Å²) in [7, 11) is 3.61. The first-order valence-corrected chi connectivity index (χ1v) is 6.22. The van der Waals surface area contributed by atoms with Gasteiger partial charge in [-0.3, -0.25) is 4.79 Å². The number of aliphatic hydroxyl groups excluding tert-OH is 1. The molecule has 18 heavy (non-hydrogen) atoms. The summed E-state index contributed by atoms with van der Waals surface area (Å²) in [5.41, 5.74) is 1.75. The normalized spacial score (nSPS) is 12.2. The van der Waals surface area contributed by atoms with Crippen molar-refractivity contribution in [3.8, 4) is 0 Å². The van der Waals surface area contributed by atoms with E-state index in [9.17, 15) is 9.90 Å². The van der Waals surface area contributed by atoms with Crippen LogP contribution in [0.25, 0.3) is 0 Å². The van der Waals surface area contributed by atoms with Crippen molar-refractivity contribution in [2.24, 2.45) is 0 Å². The van der Waals surface area contributed by atoms with Crippen molar-refractivity contribution in [2.75, 3.05) is 27.2 Å². The van der Waals surface area contributed by atoms with Crippen molar-refractivity contribution >= 4 is 5.91 Å². The average molecular weight is 250 g/mol. The van der Waals surface area contributed by atoms with Crippen LogP contribution in [-0.2, 0) is 6.42 Å². The zero-order chi connectivity index (χ0) is 13.5.